The van der Waals surface area contributed by atoms with Crippen LogP contribution in [0.2, 0.25) is 0 Å². The fourth-order valence-corrected chi connectivity index (χ4v) is 3.52. The molecule has 0 saturated carbocycles. The van der Waals surface area contributed by atoms with E-state index < -0.39 is 0 Å². The summed E-state index contributed by atoms with van der Waals surface area (Å²) in [6.07, 6.45) is 4.55. The van der Waals surface area contributed by atoms with E-state index in [1.165, 1.54) is 5.69 Å². The molecule has 7 heteroatoms. The SMILES string of the molecule is NCCCn1ccc(C(=O)N2CCN(c3ccnc4ccccc34)CC2)n1. The minimum Gasteiger partial charge on any atom is -0.367 e. The number of fused-ring (bicyclic) bond motifs is 1. The van der Waals surface area contributed by atoms with Crippen molar-refractivity contribution in [3.63, 3.8) is 0 Å². The number of benzene rings is 1. The zero-order valence-electron chi connectivity index (χ0n) is 15.3. The molecule has 27 heavy (non-hydrogen) atoms. The molecule has 1 aromatic carbocycles. The maximum Gasteiger partial charge on any atom is 0.274 e. The molecular formula is C20H24N6O. The average molecular weight is 364 g/mol. The van der Waals surface area contributed by atoms with E-state index in [4.69, 9.17) is 5.73 Å². The molecule has 2 N–H and O–H groups in total. The summed E-state index contributed by atoms with van der Waals surface area (Å²) in [5.74, 6) is 0.000680. The molecule has 1 aliphatic rings. The summed E-state index contributed by atoms with van der Waals surface area (Å²) in [4.78, 5) is 21.4. The number of nitrogens with zero attached hydrogens (tertiary/aromatic N) is 5. The van der Waals surface area contributed by atoms with Crippen LogP contribution in [0.4, 0.5) is 5.69 Å². The van der Waals surface area contributed by atoms with Gasteiger partial charge in [0.05, 0.1) is 5.52 Å². The molecular weight excluding hydrogens is 340 g/mol. The molecule has 1 saturated heterocycles. The third-order valence-electron chi connectivity index (χ3n) is 4.98. The smallest absolute Gasteiger partial charge is 0.274 e. The molecule has 0 radical (unpaired) electrons. The van der Waals surface area contributed by atoms with Crippen molar-refractivity contribution < 1.29 is 4.79 Å². The number of carbonyl (C=O) groups is 1. The summed E-state index contributed by atoms with van der Waals surface area (Å²) in [5.41, 5.74) is 8.22. The molecule has 1 amide bonds. The first-order valence-corrected chi connectivity index (χ1v) is 9.38. The fourth-order valence-electron chi connectivity index (χ4n) is 3.52. The minimum atomic E-state index is 0.000680. The van der Waals surface area contributed by atoms with Gasteiger partial charge in [-0.25, -0.2) is 0 Å². The van der Waals surface area contributed by atoms with Crippen molar-refractivity contribution in [2.75, 3.05) is 37.6 Å². The number of pyridine rings is 1. The largest absolute Gasteiger partial charge is 0.367 e. The second-order valence-corrected chi connectivity index (χ2v) is 6.73. The average Bonchev–Trinajstić information content (AvgIpc) is 3.20. The van der Waals surface area contributed by atoms with Crippen molar-refractivity contribution in [1.82, 2.24) is 19.7 Å². The molecule has 3 heterocycles. The lowest BCUT2D eigenvalue weighted by Gasteiger charge is -2.36. The Kier molecular flexibility index (Phi) is 5.02. The second kappa shape index (κ2) is 7.75. The molecule has 1 fully saturated rings. The number of para-hydroxylation sites is 1. The zero-order chi connectivity index (χ0) is 18.6. The van der Waals surface area contributed by atoms with Gasteiger partial charge in [-0.3, -0.25) is 14.5 Å². The predicted octanol–water partition coefficient (Wildman–Crippen LogP) is 1.74. The molecule has 7 nitrogen and oxygen atoms in total. The van der Waals surface area contributed by atoms with Crippen LogP contribution in [0.5, 0.6) is 0 Å². The molecule has 0 spiro atoms. The lowest BCUT2D eigenvalue weighted by molar-refractivity contribution is 0.0740. The van der Waals surface area contributed by atoms with Gasteiger partial charge in [-0.15, -0.1) is 0 Å². The Balaban J connectivity index is 1.42. The lowest BCUT2D eigenvalue weighted by Crippen LogP contribution is -2.49. The Morgan fingerprint density at radius 1 is 1.07 bits per heavy atom. The van der Waals surface area contributed by atoms with E-state index in [1.807, 2.05) is 35.5 Å². The maximum atomic E-state index is 12.7. The van der Waals surface area contributed by atoms with Gasteiger partial charge >= 0.3 is 0 Å². The van der Waals surface area contributed by atoms with E-state index >= 15 is 0 Å². The Morgan fingerprint density at radius 2 is 1.89 bits per heavy atom. The molecule has 140 valence electrons. The number of carbonyl (C=O) groups excluding carboxylic acids is 1. The van der Waals surface area contributed by atoms with Gasteiger partial charge in [0.2, 0.25) is 0 Å². The molecule has 4 rings (SSSR count). The van der Waals surface area contributed by atoms with E-state index in [0.717, 1.165) is 37.0 Å². The van der Waals surface area contributed by atoms with Crippen molar-refractivity contribution in [1.29, 1.82) is 0 Å². The summed E-state index contributed by atoms with van der Waals surface area (Å²) in [6, 6.07) is 12.0. The highest BCUT2D eigenvalue weighted by atomic mass is 16.2. The van der Waals surface area contributed by atoms with Gasteiger partial charge in [0.25, 0.3) is 5.91 Å². The third-order valence-corrected chi connectivity index (χ3v) is 4.98. The lowest BCUT2D eigenvalue weighted by atomic mass is 10.1. The Hall–Kier alpha value is -2.93. The van der Waals surface area contributed by atoms with E-state index in [-0.39, 0.29) is 5.91 Å². The van der Waals surface area contributed by atoms with Gasteiger partial charge in [0.15, 0.2) is 0 Å². The van der Waals surface area contributed by atoms with Gasteiger partial charge in [0, 0.05) is 56.2 Å². The van der Waals surface area contributed by atoms with Crippen LogP contribution >= 0.6 is 0 Å². The van der Waals surface area contributed by atoms with Crippen molar-refractivity contribution >= 4 is 22.5 Å². The fraction of sp³-hybridized carbons (Fsp3) is 0.350. The Morgan fingerprint density at radius 3 is 2.70 bits per heavy atom. The number of rotatable bonds is 5. The number of hydrogen-bond donors (Lipinski definition) is 1. The van der Waals surface area contributed by atoms with Gasteiger partial charge in [-0.05, 0) is 31.2 Å². The monoisotopic (exact) mass is 364 g/mol. The normalized spacial score (nSPS) is 14.7. The van der Waals surface area contributed by atoms with Crippen molar-refractivity contribution in [2.24, 2.45) is 5.73 Å². The second-order valence-electron chi connectivity index (χ2n) is 6.73. The van der Waals surface area contributed by atoms with Gasteiger partial charge in [0.1, 0.15) is 5.69 Å². The number of aromatic nitrogens is 3. The van der Waals surface area contributed by atoms with E-state index in [9.17, 15) is 4.79 Å². The summed E-state index contributed by atoms with van der Waals surface area (Å²) >= 11 is 0. The van der Waals surface area contributed by atoms with Crippen LogP contribution in [0.25, 0.3) is 10.9 Å². The number of anilines is 1. The van der Waals surface area contributed by atoms with Crippen LogP contribution in [0.15, 0.2) is 48.8 Å². The molecule has 3 aromatic rings. The van der Waals surface area contributed by atoms with Crippen LogP contribution in [0.1, 0.15) is 16.9 Å². The van der Waals surface area contributed by atoms with Crippen LogP contribution in [0, 0.1) is 0 Å². The highest BCUT2D eigenvalue weighted by molar-refractivity contribution is 5.93. The number of amides is 1. The van der Waals surface area contributed by atoms with Crippen molar-refractivity contribution in [2.45, 2.75) is 13.0 Å². The van der Waals surface area contributed by atoms with Crippen LogP contribution < -0.4 is 10.6 Å². The maximum absolute atomic E-state index is 12.7. The van der Waals surface area contributed by atoms with E-state index in [0.29, 0.717) is 25.3 Å². The number of nitrogens with two attached hydrogens (primary N) is 1. The molecule has 0 bridgehead atoms. The predicted molar refractivity (Wildman–Crippen MR) is 106 cm³/mol. The minimum absolute atomic E-state index is 0.000680. The van der Waals surface area contributed by atoms with Gasteiger partial charge in [-0.1, -0.05) is 18.2 Å². The summed E-state index contributed by atoms with van der Waals surface area (Å²) < 4.78 is 1.79. The zero-order valence-corrected chi connectivity index (χ0v) is 15.3. The first-order valence-electron chi connectivity index (χ1n) is 9.38. The Bertz CT molecular complexity index is 924. The third kappa shape index (κ3) is 3.64. The van der Waals surface area contributed by atoms with Crippen molar-refractivity contribution in [3.05, 3.63) is 54.5 Å². The summed E-state index contributed by atoms with van der Waals surface area (Å²) in [6.45, 7) is 4.33. The van der Waals surface area contributed by atoms with E-state index in [2.05, 4.69) is 27.1 Å². The van der Waals surface area contributed by atoms with Gasteiger partial charge < -0.3 is 15.5 Å². The Labute approximate surface area is 158 Å². The first kappa shape index (κ1) is 17.5. The number of hydrogen-bond acceptors (Lipinski definition) is 5. The van der Waals surface area contributed by atoms with E-state index in [1.54, 1.807) is 10.7 Å². The topological polar surface area (TPSA) is 80.3 Å². The number of aryl methyl sites for hydroxylation is 1. The van der Waals surface area contributed by atoms with Gasteiger partial charge in [-0.2, -0.15) is 5.10 Å². The van der Waals surface area contributed by atoms with Crippen LogP contribution in [-0.2, 0) is 6.54 Å². The highest BCUT2D eigenvalue weighted by Crippen LogP contribution is 2.26. The van der Waals surface area contributed by atoms with Crippen LogP contribution in [0.3, 0.4) is 0 Å². The van der Waals surface area contributed by atoms with Crippen LogP contribution in [-0.4, -0.2) is 58.3 Å². The first-order chi connectivity index (χ1) is 13.3. The molecule has 0 aliphatic carbocycles. The summed E-state index contributed by atoms with van der Waals surface area (Å²) in [5, 5.41) is 5.54. The summed E-state index contributed by atoms with van der Waals surface area (Å²) in [7, 11) is 0. The van der Waals surface area contributed by atoms with Crippen molar-refractivity contribution in [3.8, 4) is 0 Å². The number of piperazine rings is 1. The highest BCUT2D eigenvalue weighted by Gasteiger charge is 2.24. The quantitative estimate of drug-likeness (QED) is 0.746. The molecule has 0 atom stereocenters. The molecule has 1 aliphatic heterocycles. The molecule has 0 unspecified atom stereocenters. The standard InChI is InChI=1S/C20H24N6O/c21-8-3-10-26-11-7-18(23-26)20(27)25-14-12-24(13-15-25)19-6-9-22-17-5-2-1-4-16(17)19/h1-2,4-7,9,11H,3,8,10,12-15,21H2. The molecule has 2 aromatic heterocycles.